The van der Waals surface area contributed by atoms with E-state index < -0.39 is 0 Å². The monoisotopic (exact) mass is 417 g/mol. The molecule has 2 aromatic rings. The van der Waals surface area contributed by atoms with Crippen molar-refractivity contribution in [2.24, 2.45) is 11.7 Å². The molecule has 2 aliphatic heterocycles. The Kier molecular flexibility index (Phi) is 6.91. The molecule has 2 N–H and O–H groups in total. The predicted octanol–water partition coefficient (Wildman–Crippen LogP) is 4.69. The number of piperidine rings is 1. The zero-order valence-corrected chi connectivity index (χ0v) is 17.8. The molecule has 150 valence electrons. The molecule has 0 aromatic heterocycles. The lowest BCUT2D eigenvalue weighted by Gasteiger charge is -2.36. The van der Waals surface area contributed by atoms with E-state index in [1.54, 1.807) is 11.8 Å². The lowest BCUT2D eigenvalue weighted by Crippen LogP contribution is -2.45. The van der Waals surface area contributed by atoms with E-state index in [0.29, 0.717) is 18.9 Å². The Hall–Kier alpha value is -1.69. The summed E-state index contributed by atoms with van der Waals surface area (Å²) in [5.41, 5.74) is 8.47. The summed E-state index contributed by atoms with van der Waals surface area (Å²) in [5.74, 6) is 0.670. The van der Waals surface area contributed by atoms with Crippen LogP contribution in [0.3, 0.4) is 0 Å². The van der Waals surface area contributed by atoms with Crippen LogP contribution in [0.4, 0.5) is 11.4 Å². The Morgan fingerprint density at radius 3 is 2.36 bits per heavy atom. The number of rotatable bonds is 4. The van der Waals surface area contributed by atoms with Crippen LogP contribution < -0.4 is 10.6 Å². The quantitative estimate of drug-likeness (QED) is 0.784. The molecule has 1 amide bonds. The maximum absolute atomic E-state index is 12.9. The lowest BCUT2D eigenvalue weighted by molar-refractivity contribution is -0.132. The van der Waals surface area contributed by atoms with Crippen LogP contribution in [0.1, 0.15) is 26.2 Å². The van der Waals surface area contributed by atoms with Crippen molar-refractivity contribution in [2.45, 2.75) is 42.0 Å². The number of carbonyl (C=O) groups is 1. The fourth-order valence-electron chi connectivity index (χ4n) is 4.05. The summed E-state index contributed by atoms with van der Waals surface area (Å²) in [5, 5.41) is 0. The molecule has 6 heteroatoms. The average Bonchev–Trinajstić information content (AvgIpc) is 2.71. The number of hydrogen-bond acceptors (Lipinski definition) is 4. The first kappa shape index (κ1) is 21.0. The van der Waals surface area contributed by atoms with Crippen molar-refractivity contribution in [3.8, 4) is 0 Å². The minimum absolute atomic E-state index is 0. The van der Waals surface area contributed by atoms with Crippen LogP contribution in [0.25, 0.3) is 0 Å². The van der Waals surface area contributed by atoms with E-state index in [4.69, 9.17) is 5.73 Å². The van der Waals surface area contributed by atoms with Crippen LogP contribution >= 0.6 is 24.2 Å². The Bertz CT molecular complexity index is 783. The molecular weight excluding hydrogens is 390 g/mol. The van der Waals surface area contributed by atoms with Crippen LogP contribution in [0.15, 0.2) is 58.3 Å². The Morgan fingerprint density at radius 2 is 1.75 bits per heavy atom. The molecule has 0 spiro atoms. The molecule has 2 aromatic carbocycles. The summed E-state index contributed by atoms with van der Waals surface area (Å²) in [4.78, 5) is 19.7. The van der Waals surface area contributed by atoms with Gasteiger partial charge in [-0.05, 0) is 49.9 Å². The van der Waals surface area contributed by atoms with Crippen molar-refractivity contribution in [3.63, 3.8) is 0 Å². The standard InChI is InChI=1S/C22H27N3OS.ClH/c1-16(23)17-7-6-13-24(15-17)22(26)12-14-25-18-8-2-4-10-20(18)27-21-11-5-3-9-19(21)25;/h2-5,8-11,16-17H,6-7,12-15,23H2,1H3;1H. The highest BCUT2D eigenvalue weighted by molar-refractivity contribution is 7.99. The molecular formula is C22H28ClN3OS. The van der Waals surface area contributed by atoms with Gasteiger partial charge in [0.05, 0.1) is 11.4 Å². The number of amides is 1. The van der Waals surface area contributed by atoms with Crippen molar-refractivity contribution >= 4 is 41.5 Å². The Balaban J connectivity index is 0.00000225. The van der Waals surface area contributed by atoms with Gasteiger partial charge in [0.25, 0.3) is 0 Å². The molecule has 28 heavy (non-hydrogen) atoms. The minimum atomic E-state index is 0. The number of nitrogens with zero attached hydrogens (tertiary/aromatic N) is 2. The van der Waals surface area contributed by atoms with Gasteiger partial charge in [-0.15, -0.1) is 12.4 Å². The zero-order chi connectivity index (χ0) is 18.8. The van der Waals surface area contributed by atoms with Crippen molar-refractivity contribution in [1.29, 1.82) is 0 Å². The van der Waals surface area contributed by atoms with Crippen LogP contribution in [-0.2, 0) is 4.79 Å². The van der Waals surface area contributed by atoms with Crippen molar-refractivity contribution in [3.05, 3.63) is 48.5 Å². The largest absolute Gasteiger partial charge is 0.342 e. The van der Waals surface area contributed by atoms with E-state index in [1.807, 2.05) is 4.90 Å². The van der Waals surface area contributed by atoms with Gasteiger partial charge in [-0.3, -0.25) is 4.79 Å². The number of fused-ring (bicyclic) bond motifs is 2. The molecule has 0 saturated carbocycles. The average molecular weight is 418 g/mol. The number of carbonyl (C=O) groups excluding carboxylic acids is 1. The smallest absolute Gasteiger partial charge is 0.224 e. The highest BCUT2D eigenvalue weighted by Gasteiger charge is 2.27. The Morgan fingerprint density at radius 1 is 1.14 bits per heavy atom. The molecule has 4 rings (SSSR count). The number of benzene rings is 2. The molecule has 2 aliphatic rings. The summed E-state index contributed by atoms with van der Waals surface area (Å²) in [7, 11) is 0. The van der Waals surface area contributed by atoms with Gasteiger partial charge >= 0.3 is 0 Å². The fourth-order valence-corrected chi connectivity index (χ4v) is 5.15. The molecule has 2 unspecified atom stereocenters. The highest BCUT2D eigenvalue weighted by Crippen LogP contribution is 2.47. The molecule has 1 fully saturated rings. The third-order valence-electron chi connectivity index (χ3n) is 5.64. The minimum Gasteiger partial charge on any atom is -0.342 e. The molecule has 2 heterocycles. The third-order valence-corrected chi connectivity index (χ3v) is 6.77. The molecule has 1 saturated heterocycles. The summed E-state index contributed by atoms with van der Waals surface area (Å²) >= 11 is 1.80. The maximum atomic E-state index is 12.9. The highest BCUT2D eigenvalue weighted by atomic mass is 35.5. The number of halogens is 1. The lowest BCUT2D eigenvalue weighted by atomic mass is 9.92. The van der Waals surface area contributed by atoms with Gasteiger partial charge < -0.3 is 15.5 Å². The van der Waals surface area contributed by atoms with Gasteiger partial charge in [0.1, 0.15) is 0 Å². The SMILES string of the molecule is CC(N)C1CCCN(C(=O)CCN2c3ccccc3Sc3ccccc32)C1.Cl. The number of nitrogens with two attached hydrogens (primary N) is 1. The van der Waals surface area contributed by atoms with E-state index in [2.05, 4.69) is 60.4 Å². The van der Waals surface area contributed by atoms with Crippen LogP contribution in [0, 0.1) is 5.92 Å². The van der Waals surface area contributed by atoms with Crippen molar-refractivity contribution < 1.29 is 4.79 Å². The predicted molar refractivity (Wildman–Crippen MR) is 119 cm³/mol. The third kappa shape index (κ3) is 4.32. The first-order chi connectivity index (χ1) is 13.1. The van der Waals surface area contributed by atoms with E-state index in [1.165, 1.54) is 21.2 Å². The van der Waals surface area contributed by atoms with Crippen molar-refractivity contribution in [2.75, 3.05) is 24.5 Å². The van der Waals surface area contributed by atoms with Crippen molar-refractivity contribution in [1.82, 2.24) is 4.90 Å². The summed E-state index contributed by atoms with van der Waals surface area (Å²) < 4.78 is 0. The van der Waals surface area contributed by atoms with Crippen LogP contribution in [0.5, 0.6) is 0 Å². The Labute approximate surface area is 177 Å². The number of likely N-dealkylation sites (tertiary alicyclic amines) is 1. The summed E-state index contributed by atoms with van der Waals surface area (Å²) in [6, 6.07) is 17.0. The second-order valence-electron chi connectivity index (χ2n) is 7.54. The number of para-hydroxylation sites is 2. The normalized spacial score (nSPS) is 19.3. The topological polar surface area (TPSA) is 49.6 Å². The second-order valence-corrected chi connectivity index (χ2v) is 8.62. The molecule has 0 bridgehead atoms. The van der Waals surface area contributed by atoms with Gasteiger partial charge in [0, 0.05) is 41.9 Å². The van der Waals surface area contributed by atoms with E-state index >= 15 is 0 Å². The van der Waals surface area contributed by atoms with Gasteiger partial charge in [-0.25, -0.2) is 0 Å². The second kappa shape index (κ2) is 9.21. The van der Waals surface area contributed by atoms with Gasteiger partial charge in [0.2, 0.25) is 5.91 Å². The maximum Gasteiger partial charge on any atom is 0.224 e. The molecule has 2 atom stereocenters. The molecule has 0 radical (unpaired) electrons. The van der Waals surface area contributed by atoms with Gasteiger partial charge in [0.15, 0.2) is 0 Å². The van der Waals surface area contributed by atoms with Gasteiger partial charge in [-0.2, -0.15) is 0 Å². The summed E-state index contributed by atoms with van der Waals surface area (Å²) in [6.45, 7) is 4.43. The number of hydrogen-bond donors (Lipinski definition) is 1. The van der Waals surface area contributed by atoms with Crippen LogP contribution in [0.2, 0.25) is 0 Å². The molecule has 4 nitrogen and oxygen atoms in total. The van der Waals surface area contributed by atoms with E-state index in [-0.39, 0.29) is 24.4 Å². The number of anilines is 2. The summed E-state index contributed by atoms with van der Waals surface area (Å²) in [6.07, 6.45) is 2.72. The fraction of sp³-hybridized carbons (Fsp3) is 0.409. The van der Waals surface area contributed by atoms with Crippen LogP contribution in [-0.4, -0.2) is 36.5 Å². The first-order valence-electron chi connectivity index (χ1n) is 9.80. The van der Waals surface area contributed by atoms with E-state index in [9.17, 15) is 4.79 Å². The first-order valence-corrected chi connectivity index (χ1v) is 10.6. The molecule has 0 aliphatic carbocycles. The van der Waals surface area contributed by atoms with E-state index in [0.717, 1.165) is 25.9 Å². The zero-order valence-electron chi connectivity index (χ0n) is 16.2. The van der Waals surface area contributed by atoms with Gasteiger partial charge in [-0.1, -0.05) is 36.0 Å².